The zero-order valence-electron chi connectivity index (χ0n) is 14.9. The quantitative estimate of drug-likeness (QED) is 0.646. The highest BCUT2D eigenvalue weighted by molar-refractivity contribution is 6.99. The standard InChI is InChI=1S/C18H17FN6O2S/c19-14-4-1-3-13(11-14)16-17(23-28-22-16)27-12-15(26)24-7-9-25(10-8-24)18-20-5-2-6-21-18/h1-6,11H,7-10,12H2. The Morgan fingerprint density at radius 2 is 1.89 bits per heavy atom. The highest BCUT2D eigenvalue weighted by Gasteiger charge is 2.23. The largest absolute Gasteiger partial charge is 0.465 e. The number of piperazine rings is 1. The molecular weight excluding hydrogens is 383 g/mol. The normalized spacial score (nSPS) is 14.2. The minimum Gasteiger partial charge on any atom is -0.465 e. The number of nitrogens with zero attached hydrogens (tertiary/aromatic N) is 6. The number of anilines is 1. The van der Waals surface area contributed by atoms with Crippen molar-refractivity contribution in [2.24, 2.45) is 0 Å². The molecule has 4 rings (SSSR count). The molecule has 3 heterocycles. The van der Waals surface area contributed by atoms with Crippen LogP contribution in [0.2, 0.25) is 0 Å². The molecule has 28 heavy (non-hydrogen) atoms. The molecule has 3 aromatic rings. The van der Waals surface area contributed by atoms with E-state index in [1.165, 1.54) is 12.1 Å². The molecule has 1 aliphatic rings. The Morgan fingerprint density at radius 3 is 2.64 bits per heavy atom. The summed E-state index contributed by atoms with van der Waals surface area (Å²) in [6.45, 7) is 2.29. The van der Waals surface area contributed by atoms with Gasteiger partial charge >= 0.3 is 0 Å². The predicted octanol–water partition coefficient (Wildman–Crippen LogP) is 1.86. The topological polar surface area (TPSA) is 84.3 Å². The maximum atomic E-state index is 13.4. The SMILES string of the molecule is O=C(COc1nsnc1-c1cccc(F)c1)N1CCN(c2ncccn2)CC1. The van der Waals surface area contributed by atoms with Gasteiger partial charge in [0.25, 0.3) is 11.8 Å². The van der Waals surface area contributed by atoms with Gasteiger partial charge in [-0.2, -0.15) is 4.37 Å². The number of ether oxygens (including phenoxy) is 1. The van der Waals surface area contributed by atoms with Gasteiger partial charge < -0.3 is 14.5 Å². The monoisotopic (exact) mass is 400 g/mol. The number of carbonyl (C=O) groups is 1. The summed E-state index contributed by atoms with van der Waals surface area (Å²) >= 11 is 0.959. The van der Waals surface area contributed by atoms with Crippen molar-refractivity contribution in [3.05, 3.63) is 48.5 Å². The van der Waals surface area contributed by atoms with Gasteiger partial charge in [-0.3, -0.25) is 4.79 Å². The second-order valence-electron chi connectivity index (χ2n) is 6.13. The summed E-state index contributed by atoms with van der Waals surface area (Å²) in [6.07, 6.45) is 3.40. The number of benzene rings is 1. The number of aromatic nitrogens is 4. The Labute approximate surface area is 164 Å². The molecule has 0 saturated carbocycles. The number of halogens is 1. The molecule has 10 heteroatoms. The molecule has 0 N–H and O–H groups in total. The molecule has 0 atom stereocenters. The van der Waals surface area contributed by atoms with Gasteiger partial charge in [0.15, 0.2) is 6.61 Å². The lowest BCUT2D eigenvalue weighted by Crippen LogP contribution is -2.50. The van der Waals surface area contributed by atoms with Crippen LogP contribution >= 0.6 is 11.7 Å². The lowest BCUT2D eigenvalue weighted by Gasteiger charge is -2.34. The van der Waals surface area contributed by atoms with Crippen LogP contribution in [0.4, 0.5) is 10.3 Å². The zero-order chi connectivity index (χ0) is 19.3. The van der Waals surface area contributed by atoms with Crippen molar-refractivity contribution in [3.8, 4) is 17.1 Å². The summed E-state index contributed by atoms with van der Waals surface area (Å²) in [5.41, 5.74) is 0.996. The number of hydrogen-bond donors (Lipinski definition) is 0. The molecule has 1 amide bonds. The molecule has 1 fully saturated rings. The Balaban J connectivity index is 1.33. The third kappa shape index (κ3) is 4.06. The van der Waals surface area contributed by atoms with E-state index in [0.717, 1.165) is 11.7 Å². The van der Waals surface area contributed by atoms with Gasteiger partial charge in [0.2, 0.25) is 5.95 Å². The average Bonchev–Trinajstić information content (AvgIpc) is 3.21. The lowest BCUT2D eigenvalue weighted by atomic mass is 10.1. The van der Waals surface area contributed by atoms with Crippen molar-refractivity contribution >= 4 is 23.6 Å². The zero-order valence-corrected chi connectivity index (χ0v) is 15.7. The van der Waals surface area contributed by atoms with Crippen LogP contribution < -0.4 is 9.64 Å². The van der Waals surface area contributed by atoms with Crippen LogP contribution in [-0.2, 0) is 4.79 Å². The van der Waals surface area contributed by atoms with E-state index in [4.69, 9.17) is 4.74 Å². The summed E-state index contributed by atoms with van der Waals surface area (Å²) in [7, 11) is 0. The van der Waals surface area contributed by atoms with Crippen LogP contribution in [0.25, 0.3) is 11.3 Å². The van der Waals surface area contributed by atoms with Crippen LogP contribution in [0.1, 0.15) is 0 Å². The van der Waals surface area contributed by atoms with Crippen LogP contribution in [-0.4, -0.2) is 62.3 Å². The van der Waals surface area contributed by atoms with E-state index in [0.29, 0.717) is 43.4 Å². The first-order valence-electron chi connectivity index (χ1n) is 8.72. The Hall–Kier alpha value is -3.14. The highest BCUT2D eigenvalue weighted by Crippen LogP contribution is 2.28. The summed E-state index contributed by atoms with van der Waals surface area (Å²) < 4.78 is 27.3. The molecule has 1 aliphatic heterocycles. The van der Waals surface area contributed by atoms with E-state index < -0.39 is 0 Å². The molecule has 2 aromatic heterocycles. The van der Waals surface area contributed by atoms with Gasteiger partial charge in [0.1, 0.15) is 11.5 Å². The minimum atomic E-state index is -0.368. The lowest BCUT2D eigenvalue weighted by molar-refractivity contribution is -0.133. The molecule has 0 radical (unpaired) electrons. The molecule has 0 bridgehead atoms. The maximum absolute atomic E-state index is 13.4. The number of carbonyl (C=O) groups excluding carboxylic acids is 1. The number of amides is 1. The van der Waals surface area contributed by atoms with Gasteiger partial charge in [0, 0.05) is 44.1 Å². The first-order chi connectivity index (χ1) is 13.7. The smallest absolute Gasteiger partial charge is 0.260 e. The summed E-state index contributed by atoms with van der Waals surface area (Å²) in [6, 6.07) is 7.80. The molecular formula is C18H17FN6O2S. The van der Waals surface area contributed by atoms with Crippen molar-refractivity contribution in [1.82, 2.24) is 23.6 Å². The second-order valence-corrected chi connectivity index (χ2v) is 6.66. The van der Waals surface area contributed by atoms with E-state index in [1.807, 2.05) is 4.90 Å². The number of hydrogen-bond acceptors (Lipinski definition) is 8. The van der Waals surface area contributed by atoms with Crippen LogP contribution in [0.3, 0.4) is 0 Å². The van der Waals surface area contributed by atoms with Crippen molar-refractivity contribution < 1.29 is 13.9 Å². The number of rotatable bonds is 5. The summed E-state index contributed by atoms with van der Waals surface area (Å²) in [5, 5.41) is 0. The predicted molar refractivity (Wildman–Crippen MR) is 102 cm³/mol. The second kappa shape index (κ2) is 8.26. The van der Waals surface area contributed by atoms with Gasteiger partial charge in [-0.1, -0.05) is 12.1 Å². The van der Waals surface area contributed by atoms with Crippen molar-refractivity contribution in [2.45, 2.75) is 0 Å². The van der Waals surface area contributed by atoms with E-state index in [-0.39, 0.29) is 24.2 Å². The van der Waals surface area contributed by atoms with Crippen molar-refractivity contribution in [2.75, 3.05) is 37.7 Å². The molecule has 144 valence electrons. The Bertz CT molecular complexity index is 946. The highest BCUT2D eigenvalue weighted by atomic mass is 32.1. The summed E-state index contributed by atoms with van der Waals surface area (Å²) in [4.78, 5) is 24.7. The van der Waals surface area contributed by atoms with Crippen molar-refractivity contribution in [3.63, 3.8) is 0 Å². The molecule has 0 aliphatic carbocycles. The Kier molecular flexibility index (Phi) is 5.38. The van der Waals surface area contributed by atoms with Gasteiger partial charge in [-0.25, -0.2) is 14.4 Å². The summed E-state index contributed by atoms with van der Waals surface area (Å²) in [5.74, 6) is 0.402. The third-order valence-corrected chi connectivity index (χ3v) is 4.87. The first-order valence-corrected chi connectivity index (χ1v) is 9.45. The van der Waals surface area contributed by atoms with E-state index in [9.17, 15) is 9.18 Å². The fourth-order valence-electron chi connectivity index (χ4n) is 2.92. The fourth-order valence-corrected chi connectivity index (χ4v) is 3.44. The maximum Gasteiger partial charge on any atom is 0.260 e. The third-order valence-electron chi connectivity index (χ3n) is 4.36. The van der Waals surface area contributed by atoms with Gasteiger partial charge in [-0.15, -0.1) is 4.37 Å². The van der Waals surface area contributed by atoms with Gasteiger partial charge in [0.05, 0.1) is 11.7 Å². The van der Waals surface area contributed by atoms with Crippen LogP contribution in [0.5, 0.6) is 5.88 Å². The van der Waals surface area contributed by atoms with E-state index in [1.54, 1.807) is 35.5 Å². The van der Waals surface area contributed by atoms with Crippen LogP contribution in [0.15, 0.2) is 42.7 Å². The van der Waals surface area contributed by atoms with Crippen LogP contribution in [0, 0.1) is 5.82 Å². The van der Waals surface area contributed by atoms with E-state index in [2.05, 4.69) is 18.7 Å². The minimum absolute atomic E-state index is 0.133. The first kappa shape index (κ1) is 18.2. The van der Waals surface area contributed by atoms with Crippen molar-refractivity contribution in [1.29, 1.82) is 0 Å². The van der Waals surface area contributed by atoms with Gasteiger partial charge in [-0.05, 0) is 18.2 Å². The molecule has 0 spiro atoms. The Morgan fingerprint density at radius 1 is 1.11 bits per heavy atom. The van der Waals surface area contributed by atoms with E-state index >= 15 is 0 Å². The molecule has 0 unspecified atom stereocenters. The molecule has 1 aromatic carbocycles. The molecule has 8 nitrogen and oxygen atoms in total. The molecule has 1 saturated heterocycles. The average molecular weight is 400 g/mol. The fraction of sp³-hybridized carbons (Fsp3) is 0.278.